The van der Waals surface area contributed by atoms with Gasteiger partial charge in [-0.15, -0.1) is 0 Å². The molecule has 19 heavy (non-hydrogen) atoms. The topological polar surface area (TPSA) is 20.3 Å². The third-order valence-electron chi connectivity index (χ3n) is 5.99. The molecule has 2 unspecified atom stereocenters. The van der Waals surface area contributed by atoms with E-state index in [0.717, 1.165) is 31.3 Å². The molecule has 2 saturated carbocycles. The first-order chi connectivity index (χ1) is 9.33. The minimum Gasteiger partial charge on any atom is -0.303 e. The van der Waals surface area contributed by atoms with Crippen molar-refractivity contribution in [1.82, 2.24) is 4.90 Å². The second-order valence-electron chi connectivity index (χ2n) is 7.27. The summed E-state index contributed by atoms with van der Waals surface area (Å²) in [6.07, 6.45) is 15.9. The molecule has 3 rings (SSSR count). The molecule has 0 aromatic heterocycles. The van der Waals surface area contributed by atoms with Crippen LogP contribution in [0.5, 0.6) is 0 Å². The zero-order valence-corrected chi connectivity index (χ0v) is 12.3. The number of rotatable bonds is 3. The maximum Gasteiger partial charge on any atom is 0.127 e. The summed E-state index contributed by atoms with van der Waals surface area (Å²) >= 11 is 0. The van der Waals surface area contributed by atoms with Gasteiger partial charge in [0.05, 0.1) is 0 Å². The lowest BCUT2D eigenvalue weighted by atomic mass is 9.80. The molecule has 1 heterocycles. The molecule has 0 bridgehead atoms. The van der Waals surface area contributed by atoms with Crippen molar-refractivity contribution in [2.24, 2.45) is 11.3 Å². The van der Waals surface area contributed by atoms with Crippen LogP contribution in [0.25, 0.3) is 0 Å². The van der Waals surface area contributed by atoms with E-state index in [1.54, 1.807) is 0 Å². The maximum atomic E-state index is 11.8. The normalized spacial score (nSPS) is 35.6. The standard InChI is InChI=1S/C17H29NO/c19-14-17(10-5-1-2-6-11-17)13-18-12-9-15-7-3-4-8-16(15)18/h14-16H,1-13H2. The second kappa shape index (κ2) is 5.95. The molecule has 1 aliphatic heterocycles. The largest absolute Gasteiger partial charge is 0.303 e. The van der Waals surface area contributed by atoms with E-state index in [1.807, 2.05) is 0 Å². The van der Waals surface area contributed by atoms with Gasteiger partial charge in [0, 0.05) is 18.0 Å². The minimum absolute atomic E-state index is 0.00281. The highest BCUT2D eigenvalue weighted by Crippen LogP contribution is 2.40. The molecular weight excluding hydrogens is 234 g/mol. The van der Waals surface area contributed by atoms with Gasteiger partial charge in [-0.1, -0.05) is 38.5 Å². The third-order valence-corrected chi connectivity index (χ3v) is 5.99. The van der Waals surface area contributed by atoms with Crippen LogP contribution in [0.1, 0.15) is 70.6 Å². The Morgan fingerprint density at radius 1 is 0.947 bits per heavy atom. The van der Waals surface area contributed by atoms with Crippen LogP contribution in [0.2, 0.25) is 0 Å². The Kier molecular flexibility index (Phi) is 4.26. The van der Waals surface area contributed by atoms with Crippen LogP contribution in [0.3, 0.4) is 0 Å². The first-order valence-corrected chi connectivity index (χ1v) is 8.53. The van der Waals surface area contributed by atoms with Crippen molar-refractivity contribution < 1.29 is 4.79 Å². The van der Waals surface area contributed by atoms with Crippen molar-refractivity contribution in [1.29, 1.82) is 0 Å². The van der Waals surface area contributed by atoms with E-state index in [4.69, 9.17) is 0 Å². The van der Waals surface area contributed by atoms with Crippen LogP contribution < -0.4 is 0 Å². The molecule has 0 aromatic carbocycles. The summed E-state index contributed by atoms with van der Waals surface area (Å²) in [5.74, 6) is 0.947. The average Bonchev–Trinajstić information content (AvgIpc) is 2.70. The number of hydrogen-bond donors (Lipinski definition) is 0. The van der Waals surface area contributed by atoms with Crippen molar-refractivity contribution in [3.8, 4) is 0 Å². The Labute approximate surface area is 117 Å². The van der Waals surface area contributed by atoms with Crippen LogP contribution in [-0.4, -0.2) is 30.3 Å². The quantitative estimate of drug-likeness (QED) is 0.570. The van der Waals surface area contributed by atoms with Crippen LogP contribution in [0, 0.1) is 11.3 Å². The van der Waals surface area contributed by atoms with E-state index in [0.29, 0.717) is 0 Å². The van der Waals surface area contributed by atoms with E-state index in [-0.39, 0.29) is 5.41 Å². The van der Waals surface area contributed by atoms with Crippen molar-refractivity contribution in [3.63, 3.8) is 0 Å². The molecule has 2 aliphatic carbocycles. The van der Waals surface area contributed by atoms with Crippen LogP contribution in [-0.2, 0) is 4.79 Å². The van der Waals surface area contributed by atoms with E-state index >= 15 is 0 Å². The second-order valence-corrected chi connectivity index (χ2v) is 7.27. The van der Waals surface area contributed by atoms with Gasteiger partial charge in [0.25, 0.3) is 0 Å². The summed E-state index contributed by atoms with van der Waals surface area (Å²) < 4.78 is 0. The molecule has 1 saturated heterocycles. The summed E-state index contributed by atoms with van der Waals surface area (Å²) in [6, 6.07) is 0.814. The predicted octanol–water partition coefficient (Wildman–Crippen LogP) is 3.79. The zero-order valence-electron chi connectivity index (χ0n) is 12.3. The Bertz CT molecular complexity index is 306. The highest BCUT2D eigenvalue weighted by atomic mass is 16.1. The molecule has 0 amide bonds. The Morgan fingerprint density at radius 2 is 1.68 bits per heavy atom. The number of likely N-dealkylation sites (tertiary alicyclic amines) is 1. The van der Waals surface area contributed by atoms with Gasteiger partial charge in [-0.3, -0.25) is 4.90 Å². The highest BCUT2D eigenvalue weighted by Gasteiger charge is 2.40. The van der Waals surface area contributed by atoms with Gasteiger partial charge in [0.1, 0.15) is 6.29 Å². The van der Waals surface area contributed by atoms with Gasteiger partial charge >= 0.3 is 0 Å². The molecule has 3 aliphatic rings. The van der Waals surface area contributed by atoms with E-state index in [9.17, 15) is 4.79 Å². The van der Waals surface area contributed by atoms with E-state index < -0.39 is 0 Å². The van der Waals surface area contributed by atoms with Gasteiger partial charge in [-0.05, 0) is 44.6 Å². The Balaban J connectivity index is 1.66. The van der Waals surface area contributed by atoms with Gasteiger partial charge in [0.15, 0.2) is 0 Å². The van der Waals surface area contributed by atoms with E-state index in [1.165, 1.54) is 70.6 Å². The van der Waals surface area contributed by atoms with Gasteiger partial charge < -0.3 is 4.79 Å². The molecule has 108 valence electrons. The number of carbonyl (C=O) groups excluding carboxylic acids is 1. The first-order valence-electron chi connectivity index (χ1n) is 8.53. The zero-order chi connectivity index (χ0) is 13.1. The monoisotopic (exact) mass is 263 g/mol. The van der Waals surface area contributed by atoms with Crippen LogP contribution >= 0.6 is 0 Å². The molecule has 2 nitrogen and oxygen atoms in total. The Morgan fingerprint density at radius 3 is 2.42 bits per heavy atom. The summed E-state index contributed by atoms with van der Waals surface area (Å²) in [5.41, 5.74) is 0.00281. The first kappa shape index (κ1) is 13.6. The lowest BCUT2D eigenvalue weighted by Crippen LogP contribution is -2.43. The Hall–Kier alpha value is -0.370. The number of carbonyl (C=O) groups is 1. The van der Waals surface area contributed by atoms with Gasteiger partial charge in [-0.25, -0.2) is 0 Å². The van der Waals surface area contributed by atoms with Gasteiger partial charge in [-0.2, -0.15) is 0 Å². The van der Waals surface area contributed by atoms with Crippen molar-refractivity contribution in [3.05, 3.63) is 0 Å². The SMILES string of the molecule is O=CC1(CN2CCC3CCCCC32)CCCCCC1. The lowest BCUT2D eigenvalue weighted by Gasteiger charge is -2.37. The lowest BCUT2D eigenvalue weighted by molar-refractivity contribution is -0.118. The third kappa shape index (κ3) is 2.89. The van der Waals surface area contributed by atoms with Crippen molar-refractivity contribution in [2.75, 3.05) is 13.1 Å². The van der Waals surface area contributed by atoms with Gasteiger partial charge in [0.2, 0.25) is 0 Å². The molecular formula is C17H29NO. The summed E-state index contributed by atoms with van der Waals surface area (Å²) in [6.45, 7) is 2.32. The summed E-state index contributed by atoms with van der Waals surface area (Å²) in [7, 11) is 0. The molecule has 0 radical (unpaired) electrons. The van der Waals surface area contributed by atoms with Crippen LogP contribution in [0.4, 0.5) is 0 Å². The van der Waals surface area contributed by atoms with Crippen LogP contribution in [0.15, 0.2) is 0 Å². The number of nitrogens with zero attached hydrogens (tertiary/aromatic N) is 1. The number of fused-ring (bicyclic) bond motifs is 1. The predicted molar refractivity (Wildman–Crippen MR) is 78.1 cm³/mol. The molecule has 0 aromatic rings. The number of aldehydes is 1. The smallest absolute Gasteiger partial charge is 0.127 e. The maximum absolute atomic E-state index is 11.8. The molecule has 2 atom stereocenters. The summed E-state index contributed by atoms with van der Waals surface area (Å²) in [4.78, 5) is 14.5. The molecule has 0 N–H and O–H groups in total. The fraction of sp³-hybridized carbons (Fsp3) is 0.941. The average molecular weight is 263 g/mol. The summed E-state index contributed by atoms with van der Waals surface area (Å²) in [5, 5.41) is 0. The van der Waals surface area contributed by atoms with E-state index in [2.05, 4.69) is 4.90 Å². The highest BCUT2D eigenvalue weighted by molar-refractivity contribution is 5.59. The molecule has 3 fully saturated rings. The molecule has 2 heteroatoms. The molecule has 0 spiro atoms. The number of hydrogen-bond acceptors (Lipinski definition) is 2. The minimum atomic E-state index is 0.00281. The fourth-order valence-electron chi connectivity index (χ4n) is 4.85. The van der Waals surface area contributed by atoms with Crippen molar-refractivity contribution >= 4 is 6.29 Å². The fourth-order valence-corrected chi connectivity index (χ4v) is 4.85. The van der Waals surface area contributed by atoms with Crippen molar-refractivity contribution in [2.45, 2.75) is 76.7 Å².